The Labute approximate surface area is 136 Å². The number of amides is 1. The highest BCUT2D eigenvalue weighted by Gasteiger charge is 2.13. The predicted molar refractivity (Wildman–Crippen MR) is 86.2 cm³/mol. The molecule has 0 saturated carbocycles. The molecule has 0 fully saturated rings. The van der Waals surface area contributed by atoms with Gasteiger partial charge in [-0.25, -0.2) is 4.39 Å². The molecule has 2 rings (SSSR count). The standard InChI is InChI=1S/C13H7BrClFINO/c14-7-1-3-11(17)9(5-7)13(19)18-12-4-2-8(15)6-10(12)16/h1-6H,(H,18,19). The molecule has 6 heteroatoms. The van der Waals surface area contributed by atoms with Gasteiger partial charge in [-0.1, -0.05) is 27.5 Å². The highest BCUT2D eigenvalue weighted by atomic mass is 127. The molecule has 2 aromatic rings. The van der Waals surface area contributed by atoms with E-state index in [1.54, 1.807) is 12.1 Å². The highest BCUT2D eigenvalue weighted by Crippen LogP contribution is 2.22. The van der Waals surface area contributed by atoms with E-state index in [-0.39, 0.29) is 16.6 Å². The maximum atomic E-state index is 13.6. The van der Waals surface area contributed by atoms with Gasteiger partial charge in [0.1, 0.15) is 5.82 Å². The minimum Gasteiger partial charge on any atom is -0.319 e. The molecule has 19 heavy (non-hydrogen) atoms. The summed E-state index contributed by atoms with van der Waals surface area (Å²) in [5.41, 5.74) is 0.578. The minimum atomic E-state index is -0.564. The summed E-state index contributed by atoms with van der Waals surface area (Å²) in [6.07, 6.45) is 0. The van der Waals surface area contributed by atoms with Crippen molar-refractivity contribution in [3.8, 4) is 0 Å². The highest BCUT2D eigenvalue weighted by molar-refractivity contribution is 14.1. The Balaban J connectivity index is 2.28. The van der Waals surface area contributed by atoms with Crippen LogP contribution in [-0.2, 0) is 0 Å². The number of rotatable bonds is 2. The topological polar surface area (TPSA) is 29.1 Å². The van der Waals surface area contributed by atoms with Crippen LogP contribution in [0.4, 0.5) is 10.1 Å². The van der Waals surface area contributed by atoms with E-state index in [4.69, 9.17) is 11.6 Å². The number of anilines is 1. The van der Waals surface area contributed by atoms with Gasteiger partial charge in [-0.15, -0.1) is 0 Å². The summed E-state index contributed by atoms with van der Waals surface area (Å²) < 4.78 is 15.2. The Kier molecular flexibility index (Phi) is 4.81. The largest absolute Gasteiger partial charge is 0.319 e. The van der Waals surface area contributed by atoms with Crippen molar-refractivity contribution >= 4 is 61.7 Å². The Hall–Kier alpha value is -0.660. The number of hydrogen-bond donors (Lipinski definition) is 1. The Morgan fingerprint density at radius 3 is 2.68 bits per heavy atom. The van der Waals surface area contributed by atoms with Crippen LogP contribution in [0.1, 0.15) is 10.4 Å². The van der Waals surface area contributed by atoms with Gasteiger partial charge in [0.15, 0.2) is 0 Å². The fourth-order valence-corrected chi connectivity index (χ4v) is 2.55. The van der Waals surface area contributed by atoms with Gasteiger partial charge in [-0.2, -0.15) is 0 Å². The van der Waals surface area contributed by atoms with Crippen LogP contribution in [0.25, 0.3) is 0 Å². The second kappa shape index (κ2) is 6.19. The van der Waals surface area contributed by atoms with E-state index in [1.165, 1.54) is 12.1 Å². The molecule has 0 bridgehead atoms. The summed E-state index contributed by atoms with van der Waals surface area (Å²) in [7, 11) is 0. The minimum absolute atomic E-state index is 0.102. The molecule has 1 N–H and O–H groups in total. The monoisotopic (exact) mass is 453 g/mol. The van der Waals surface area contributed by atoms with Crippen LogP contribution < -0.4 is 5.32 Å². The number of hydrogen-bond acceptors (Lipinski definition) is 1. The molecule has 0 unspecified atom stereocenters. The van der Waals surface area contributed by atoms with Crippen LogP contribution in [0.5, 0.6) is 0 Å². The first-order valence-electron chi connectivity index (χ1n) is 5.19. The number of halogens is 4. The van der Waals surface area contributed by atoms with Crippen molar-refractivity contribution in [2.75, 3.05) is 5.32 Å². The zero-order chi connectivity index (χ0) is 14.0. The molecule has 0 aliphatic carbocycles. The molecule has 2 aromatic carbocycles. The third-order valence-corrected chi connectivity index (χ3v) is 4.02. The third kappa shape index (κ3) is 3.67. The summed E-state index contributed by atoms with van der Waals surface area (Å²) in [5, 5.41) is 2.81. The summed E-state index contributed by atoms with van der Waals surface area (Å²) in [6, 6.07) is 9.43. The lowest BCUT2D eigenvalue weighted by atomic mass is 10.2. The van der Waals surface area contributed by atoms with Crippen molar-refractivity contribution < 1.29 is 9.18 Å². The fourth-order valence-electron chi connectivity index (χ4n) is 1.45. The van der Waals surface area contributed by atoms with Crippen molar-refractivity contribution in [2.24, 2.45) is 0 Å². The van der Waals surface area contributed by atoms with Crippen molar-refractivity contribution in [1.82, 2.24) is 0 Å². The van der Waals surface area contributed by atoms with E-state index in [0.717, 1.165) is 14.1 Å². The van der Waals surface area contributed by atoms with Crippen LogP contribution in [0.2, 0.25) is 5.02 Å². The second-order valence-electron chi connectivity index (χ2n) is 3.70. The van der Waals surface area contributed by atoms with Gasteiger partial charge < -0.3 is 5.32 Å². The van der Waals surface area contributed by atoms with Crippen molar-refractivity contribution in [2.45, 2.75) is 0 Å². The van der Waals surface area contributed by atoms with E-state index in [9.17, 15) is 9.18 Å². The van der Waals surface area contributed by atoms with E-state index in [0.29, 0.717) is 5.56 Å². The zero-order valence-corrected chi connectivity index (χ0v) is 13.9. The van der Waals surface area contributed by atoms with Gasteiger partial charge in [-0.05, 0) is 59.0 Å². The summed E-state index contributed by atoms with van der Waals surface area (Å²) in [4.78, 5) is 12.1. The van der Waals surface area contributed by atoms with Crippen LogP contribution in [0.3, 0.4) is 0 Å². The number of benzene rings is 2. The second-order valence-corrected chi connectivity index (χ2v) is 6.22. The van der Waals surface area contributed by atoms with E-state index >= 15 is 0 Å². The summed E-state index contributed by atoms with van der Waals surface area (Å²) >= 11 is 11.0. The van der Waals surface area contributed by atoms with E-state index < -0.39 is 5.82 Å². The SMILES string of the molecule is O=C(Nc1ccc(Cl)cc1F)c1cc(Br)ccc1I. The first-order chi connectivity index (χ1) is 8.97. The maximum Gasteiger partial charge on any atom is 0.256 e. The van der Waals surface area contributed by atoms with Crippen LogP contribution >= 0.6 is 50.1 Å². The molecule has 0 aliphatic heterocycles. The Morgan fingerprint density at radius 2 is 2.00 bits per heavy atom. The maximum absolute atomic E-state index is 13.6. The molecule has 1 amide bonds. The number of carbonyl (C=O) groups excluding carboxylic acids is 1. The average Bonchev–Trinajstić information content (AvgIpc) is 2.35. The summed E-state index contributed by atoms with van der Waals surface area (Å²) in [5.74, 6) is -0.933. The molecule has 0 aliphatic rings. The Morgan fingerprint density at radius 1 is 1.26 bits per heavy atom. The molecule has 0 spiro atoms. The first kappa shape index (κ1) is 14.7. The van der Waals surface area contributed by atoms with Gasteiger partial charge in [-0.3, -0.25) is 4.79 Å². The smallest absolute Gasteiger partial charge is 0.256 e. The lowest BCUT2D eigenvalue weighted by Gasteiger charge is -2.08. The quantitative estimate of drug-likeness (QED) is 0.629. The predicted octanol–water partition coefficient (Wildman–Crippen LogP) is 5.10. The molecule has 0 aromatic heterocycles. The number of nitrogens with one attached hydrogen (secondary N) is 1. The summed E-state index contributed by atoms with van der Waals surface area (Å²) in [6.45, 7) is 0. The lowest BCUT2D eigenvalue weighted by molar-refractivity contribution is 0.102. The Bertz CT molecular complexity index is 651. The molecule has 0 atom stereocenters. The van der Waals surface area contributed by atoms with Crippen molar-refractivity contribution in [1.29, 1.82) is 0 Å². The van der Waals surface area contributed by atoms with Crippen molar-refractivity contribution in [3.05, 3.63) is 60.8 Å². The molecular formula is C13H7BrClFINO. The van der Waals surface area contributed by atoms with E-state index in [1.807, 2.05) is 6.07 Å². The average molecular weight is 454 g/mol. The van der Waals surface area contributed by atoms with Crippen LogP contribution in [0.15, 0.2) is 40.9 Å². The van der Waals surface area contributed by atoms with Gasteiger partial charge >= 0.3 is 0 Å². The fraction of sp³-hybridized carbons (Fsp3) is 0. The number of carbonyl (C=O) groups is 1. The molecule has 2 nitrogen and oxygen atoms in total. The van der Waals surface area contributed by atoms with Crippen LogP contribution in [-0.4, -0.2) is 5.91 Å². The first-order valence-corrected chi connectivity index (χ1v) is 7.44. The van der Waals surface area contributed by atoms with Gasteiger partial charge in [0.25, 0.3) is 5.91 Å². The molecule has 0 saturated heterocycles. The van der Waals surface area contributed by atoms with Crippen LogP contribution in [0, 0.1) is 9.39 Å². The van der Waals surface area contributed by atoms with Gasteiger partial charge in [0.05, 0.1) is 11.3 Å². The van der Waals surface area contributed by atoms with E-state index in [2.05, 4.69) is 43.8 Å². The molecule has 0 radical (unpaired) electrons. The molecular weight excluding hydrogens is 447 g/mol. The third-order valence-electron chi connectivity index (χ3n) is 2.35. The molecule has 0 heterocycles. The zero-order valence-electron chi connectivity index (χ0n) is 9.38. The molecule has 98 valence electrons. The normalized spacial score (nSPS) is 10.3. The van der Waals surface area contributed by atoms with Gasteiger partial charge in [0.2, 0.25) is 0 Å². The lowest BCUT2D eigenvalue weighted by Crippen LogP contribution is -2.14. The van der Waals surface area contributed by atoms with Gasteiger partial charge in [0, 0.05) is 13.1 Å². The van der Waals surface area contributed by atoms with Crippen molar-refractivity contribution in [3.63, 3.8) is 0 Å².